The molecule has 5 nitrogen and oxygen atoms in total. The molecule has 1 aromatic carbocycles. The highest BCUT2D eigenvalue weighted by Gasteiger charge is 2.26. The monoisotopic (exact) mass is 360 g/mol. The van der Waals surface area contributed by atoms with Crippen molar-refractivity contribution in [2.24, 2.45) is 5.41 Å². The second-order valence-electron chi connectivity index (χ2n) is 6.50. The van der Waals surface area contributed by atoms with Crippen molar-refractivity contribution < 1.29 is 23.8 Å². The molecule has 0 radical (unpaired) electrons. The van der Waals surface area contributed by atoms with Crippen LogP contribution in [-0.4, -0.2) is 32.3 Å². The summed E-state index contributed by atoms with van der Waals surface area (Å²) in [5.41, 5.74) is 1.51. The van der Waals surface area contributed by atoms with Crippen LogP contribution in [0.2, 0.25) is 0 Å². The smallest absolute Gasteiger partial charge is 0.330 e. The zero-order chi connectivity index (χ0) is 19.6. The van der Waals surface area contributed by atoms with E-state index in [4.69, 9.17) is 14.2 Å². The maximum absolute atomic E-state index is 11.8. The summed E-state index contributed by atoms with van der Waals surface area (Å²) >= 11 is 0. The number of methoxy groups -OCH3 is 1. The highest BCUT2D eigenvalue weighted by Crippen LogP contribution is 2.22. The Hall–Kier alpha value is -2.56. The van der Waals surface area contributed by atoms with E-state index >= 15 is 0 Å². The Labute approximate surface area is 155 Å². The molecule has 26 heavy (non-hydrogen) atoms. The number of ether oxygens (including phenoxy) is 3. The van der Waals surface area contributed by atoms with Crippen LogP contribution in [-0.2, 0) is 19.1 Å². The number of hydrogen-bond acceptors (Lipinski definition) is 5. The van der Waals surface area contributed by atoms with Crippen molar-refractivity contribution in [3.63, 3.8) is 0 Å². The number of carbonyl (C=O) groups is 2. The summed E-state index contributed by atoms with van der Waals surface area (Å²) in [5, 5.41) is 0. The van der Waals surface area contributed by atoms with Crippen molar-refractivity contribution in [1.29, 1.82) is 0 Å². The van der Waals surface area contributed by atoms with Crippen molar-refractivity contribution in [2.45, 2.75) is 34.1 Å². The second kappa shape index (κ2) is 10.4. The summed E-state index contributed by atoms with van der Waals surface area (Å²) in [4.78, 5) is 23.4. The van der Waals surface area contributed by atoms with Gasteiger partial charge in [0.2, 0.25) is 0 Å². The Morgan fingerprint density at radius 1 is 1.12 bits per heavy atom. The summed E-state index contributed by atoms with van der Waals surface area (Å²) in [6.07, 6.45) is 7.17. The van der Waals surface area contributed by atoms with E-state index in [1.165, 1.54) is 6.08 Å². The average Bonchev–Trinajstić information content (AvgIpc) is 2.62. The van der Waals surface area contributed by atoms with Gasteiger partial charge in [0, 0.05) is 11.6 Å². The molecule has 1 aromatic rings. The van der Waals surface area contributed by atoms with Crippen LogP contribution < -0.4 is 4.74 Å². The van der Waals surface area contributed by atoms with Gasteiger partial charge in [-0.3, -0.25) is 4.79 Å². The molecule has 0 amide bonds. The molecule has 0 spiro atoms. The first-order chi connectivity index (χ1) is 12.3. The van der Waals surface area contributed by atoms with E-state index < -0.39 is 11.4 Å². The molecular formula is C21H28O5. The van der Waals surface area contributed by atoms with Gasteiger partial charge in [-0.1, -0.05) is 37.3 Å². The molecule has 0 N–H and O–H groups in total. The number of allylic oxidation sites excluding steroid dienone is 2. The minimum atomic E-state index is -0.522. The lowest BCUT2D eigenvalue weighted by molar-refractivity contribution is -0.157. The lowest BCUT2D eigenvalue weighted by Gasteiger charge is -2.20. The predicted molar refractivity (Wildman–Crippen MR) is 102 cm³/mol. The summed E-state index contributed by atoms with van der Waals surface area (Å²) in [5.74, 6) is -0.00747. The van der Waals surface area contributed by atoms with Crippen LogP contribution in [0.4, 0.5) is 0 Å². The molecule has 0 unspecified atom stereocenters. The molecule has 1 rings (SSSR count). The standard InChI is InChI=1S/C21H28O5/c1-6-21(3,4)20(23)26-14-13-25-19(22)10-8-7-9-17-12-11-16(2)15-18(17)24-5/h7-12,15H,6,13-14H2,1-5H3/b9-7+,10-8+. The molecule has 0 saturated heterocycles. The van der Waals surface area contributed by atoms with E-state index in [-0.39, 0.29) is 19.2 Å². The predicted octanol–water partition coefficient (Wildman–Crippen LogP) is 4.10. The largest absolute Gasteiger partial charge is 0.496 e. The third kappa shape index (κ3) is 7.13. The molecule has 0 heterocycles. The molecular weight excluding hydrogens is 332 g/mol. The van der Waals surface area contributed by atoms with Crippen LogP contribution in [0.5, 0.6) is 5.75 Å². The van der Waals surface area contributed by atoms with Crippen LogP contribution in [0.25, 0.3) is 6.08 Å². The molecule has 0 aromatic heterocycles. The van der Waals surface area contributed by atoms with Crippen LogP contribution in [0.15, 0.2) is 36.4 Å². The van der Waals surface area contributed by atoms with Gasteiger partial charge in [0.25, 0.3) is 0 Å². The first-order valence-electron chi connectivity index (χ1n) is 8.63. The van der Waals surface area contributed by atoms with Crippen molar-refractivity contribution >= 4 is 18.0 Å². The van der Waals surface area contributed by atoms with Crippen molar-refractivity contribution in [3.8, 4) is 5.75 Å². The van der Waals surface area contributed by atoms with Gasteiger partial charge >= 0.3 is 11.9 Å². The zero-order valence-corrected chi connectivity index (χ0v) is 16.2. The summed E-state index contributed by atoms with van der Waals surface area (Å²) in [6.45, 7) is 7.64. The van der Waals surface area contributed by atoms with Gasteiger partial charge in [0.1, 0.15) is 19.0 Å². The zero-order valence-electron chi connectivity index (χ0n) is 16.2. The maximum atomic E-state index is 11.8. The normalized spacial score (nSPS) is 11.7. The van der Waals surface area contributed by atoms with Crippen molar-refractivity contribution in [3.05, 3.63) is 47.6 Å². The maximum Gasteiger partial charge on any atom is 0.330 e. The van der Waals surface area contributed by atoms with Gasteiger partial charge in [-0.15, -0.1) is 0 Å². The molecule has 0 aliphatic heterocycles. The Morgan fingerprint density at radius 3 is 2.46 bits per heavy atom. The van der Waals surface area contributed by atoms with Crippen LogP contribution in [0, 0.1) is 12.3 Å². The first kappa shape index (κ1) is 21.5. The molecule has 5 heteroatoms. The van der Waals surface area contributed by atoms with Gasteiger partial charge in [-0.2, -0.15) is 0 Å². The molecule has 0 atom stereocenters. The van der Waals surface area contributed by atoms with E-state index in [2.05, 4.69) is 0 Å². The van der Waals surface area contributed by atoms with Gasteiger partial charge in [0.05, 0.1) is 12.5 Å². The third-order valence-electron chi connectivity index (χ3n) is 4.01. The molecule has 142 valence electrons. The summed E-state index contributed by atoms with van der Waals surface area (Å²) in [7, 11) is 1.62. The van der Waals surface area contributed by atoms with Crippen molar-refractivity contribution in [2.75, 3.05) is 20.3 Å². The Balaban J connectivity index is 2.38. The highest BCUT2D eigenvalue weighted by atomic mass is 16.6. The van der Waals surface area contributed by atoms with Crippen molar-refractivity contribution in [1.82, 2.24) is 0 Å². The van der Waals surface area contributed by atoms with Gasteiger partial charge in [-0.25, -0.2) is 4.79 Å². The van der Waals surface area contributed by atoms with E-state index in [9.17, 15) is 9.59 Å². The minimum Gasteiger partial charge on any atom is -0.496 e. The number of rotatable bonds is 9. The van der Waals surface area contributed by atoms with Gasteiger partial charge < -0.3 is 14.2 Å². The molecule has 0 aliphatic rings. The Bertz CT molecular complexity index is 671. The molecule has 0 aliphatic carbocycles. The van der Waals surface area contributed by atoms with E-state index in [1.807, 2.05) is 52.0 Å². The fourth-order valence-electron chi connectivity index (χ4n) is 1.91. The van der Waals surface area contributed by atoms with E-state index in [1.54, 1.807) is 19.3 Å². The van der Waals surface area contributed by atoms with Gasteiger partial charge in [-0.05, 0) is 38.8 Å². The SMILES string of the molecule is CCC(C)(C)C(=O)OCCOC(=O)/C=C/C=C/c1ccc(C)cc1OC. The van der Waals surface area contributed by atoms with E-state index in [0.29, 0.717) is 6.42 Å². The number of aryl methyl sites for hydroxylation is 1. The van der Waals surface area contributed by atoms with E-state index in [0.717, 1.165) is 16.9 Å². The minimum absolute atomic E-state index is 0.0320. The fourth-order valence-corrected chi connectivity index (χ4v) is 1.91. The summed E-state index contributed by atoms with van der Waals surface area (Å²) in [6, 6.07) is 5.88. The Kier molecular flexibility index (Phi) is 8.62. The lowest BCUT2D eigenvalue weighted by atomic mass is 9.91. The number of esters is 2. The first-order valence-corrected chi connectivity index (χ1v) is 8.63. The quantitative estimate of drug-likeness (QED) is 0.287. The highest BCUT2D eigenvalue weighted by molar-refractivity contribution is 5.82. The van der Waals surface area contributed by atoms with Crippen LogP contribution >= 0.6 is 0 Å². The molecule has 0 fully saturated rings. The summed E-state index contributed by atoms with van der Waals surface area (Å²) < 4.78 is 15.4. The Morgan fingerprint density at radius 2 is 1.81 bits per heavy atom. The number of benzene rings is 1. The molecule has 0 bridgehead atoms. The topological polar surface area (TPSA) is 61.8 Å². The lowest BCUT2D eigenvalue weighted by Crippen LogP contribution is -2.27. The number of carbonyl (C=O) groups excluding carboxylic acids is 2. The number of hydrogen-bond donors (Lipinski definition) is 0. The third-order valence-corrected chi connectivity index (χ3v) is 4.01. The second-order valence-corrected chi connectivity index (χ2v) is 6.50. The van der Waals surface area contributed by atoms with Gasteiger partial charge in [0.15, 0.2) is 0 Å². The van der Waals surface area contributed by atoms with Crippen LogP contribution in [0.1, 0.15) is 38.3 Å². The molecule has 0 saturated carbocycles. The van der Waals surface area contributed by atoms with Crippen LogP contribution in [0.3, 0.4) is 0 Å². The fraction of sp³-hybridized carbons (Fsp3) is 0.429. The average molecular weight is 360 g/mol.